The van der Waals surface area contributed by atoms with E-state index in [0.29, 0.717) is 24.8 Å². The number of hydrogen-bond donors (Lipinski definition) is 1. The molecule has 0 aliphatic carbocycles. The lowest BCUT2D eigenvalue weighted by molar-refractivity contribution is 0.326. The minimum atomic E-state index is -3.00. The number of hydrogen-bond acceptors (Lipinski definition) is 7. The Morgan fingerprint density at radius 1 is 1.32 bits per heavy atom. The zero-order chi connectivity index (χ0) is 16.0. The standard InChI is InChI=1S/C13H19N5O3S/c1-3-21-13-7-12(14-10-15-13)17-11-8-16-18(9-11)5-6-22(19,20)4-2/h7-10H,3-6H2,1-2H3,(H,14,15,17). The fourth-order valence-corrected chi connectivity index (χ4v) is 2.46. The molecule has 0 amide bonds. The van der Waals surface area contributed by atoms with Crippen LogP contribution in [0, 0.1) is 0 Å². The summed E-state index contributed by atoms with van der Waals surface area (Å²) < 4.78 is 29.8. The van der Waals surface area contributed by atoms with Crippen LogP contribution in [0.2, 0.25) is 0 Å². The Labute approximate surface area is 129 Å². The number of aromatic nitrogens is 4. The Morgan fingerprint density at radius 2 is 2.14 bits per heavy atom. The average molecular weight is 325 g/mol. The molecule has 8 nitrogen and oxygen atoms in total. The predicted molar refractivity (Wildman–Crippen MR) is 83.0 cm³/mol. The molecule has 0 aliphatic heterocycles. The van der Waals surface area contributed by atoms with Crippen LogP contribution in [-0.2, 0) is 16.4 Å². The molecule has 0 atom stereocenters. The van der Waals surface area contributed by atoms with Gasteiger partial charge in [0, 0.05) is 18.0 Å². The van der Waals surface area contributed by atoms with Crippen molar-refractivity contribution >= 4 is 21.3 Å². The maximum atomic E-state index is 11.5. The van der Waals surface area contributed by atoms with Gasteiger partial charge >= 0.3 is 0 Å². The van der Waals surface area contributed by atoms with E-state index in [9.17, 15) is 8.42 Å². The third-order valence-electron chi connectivity index (χ3n) is 2.91. The second kappa shape index (κ2) is 7.21. The first kappa shape index (κ1) is 16.2. The molecule has 2 heterocycles. The highest BCUT2D eigenvalue weighted by Crippen LogP contribution is 2.16. The summed E-state index contributed by atoms with van der Waals surface area (Å²) >= 11 is 0. The highest BCUT2D eigenvalue weighted by Gasteiger charge is 2.08. The third kappa shape index (κ3) is 4.69. The van der Waals surface area contributed by atoms with Crippen LogP contribution < -0.4 is 10.1 Å². The van der Waals surface area contributed by atoms with Crippen LogP contribution in [0.3, 0.4) is 0 Å². The monoisotopic (exact) mass is 325 g/mol. The van der Waals surface area contributed by atoms with E-state index in [4.69, 9.17) is 4.74 Å². The molecule has 0 unspecified atom stereocenters. The predicted octanol–water partition coefficient (Wildman–Crippen LogP) is 1.25. The molecule has 0 aliphatic rings. The number of sulfone groups is 1. The maximum Gasteiger partial charge on any atom is 0.218 e. The molecule has 2 aromatic heterocycles. The normalized spacial score (nSPS) is 11.4. The molecule has 22 heavy (non-hydrogen) atoms. The molecule has 0 fully saturated rings. The fraction of sp³-hybridized carbons (Fsp3) is 0.462. The summed E-state index contributed by atoms with van der Waals surface area (Å²) in [7, 11) is -3.00. The number of anilines is 2. The van der Waals surface area contributed by atoms with Gasteiger partial charge in [0.05, 0.1) is 30.8 Å². The lowest BCUT2D eigenvalue weighted by Crippen LogP contribution is -2.14. The summed E-state index contributed by atoms with van der Waals surface area (Å²) in [4.78, 5) is 8.07. The molecule has 0 aromatic carbocycles. The number of nitrogens with one attached hydrogen (secondary N) is 1. The van der Waals surface area contributed by atoms with Crippen LogP contribution in [0.1, 0.15) is 13.8 Å². The van der Waals surface area contributed by atoms with E-state index in [1.807, 2.05) is 6.92 Å². The van der Waals surface area contributed by atoms with Gasteiger partial charge in [0.1, 0.15) is 12.1 Å². The molecule has 1 N–H and O–H groups in total. The minimum Gasteiger partial charge on any atom is -0.478 e. The molecular formula is C13H19N5O3S. The molecule has 2 rings (SSSR count). The van der Waals surface area contributed by atoms with E-state index >= 15 is 0 Å². The molecule has 0 bridgehead atoms. The van der Waals surface area contributed by atoms with E-state index in [2.05, 4.69) is 20.4 Å². The van der Waals surface area contributed by atoms with Crippen LogP contribution in [0.5, 0.6) is 5.88 Å². The van der Waals surface area contributed by atoms with Crippen molar-refractivity contribution in [2.24, 2.45) is 0 Å². The molecular weight excluding hydrogens is 306 g/mol. The van der Waals surface area contributed by atoms with Crippen molar-refractivity contribution in [3.63, 3.8) is 0 Å². The first-order chi connectivity index (χ1) is 10.5. The van der Waals surface area contributed by atoms with Gasteiger partial charge in [-0.15, -0.1) is 0 Å². The first-order valence-corrected chi connectivity index (χ1v) is 8.79. The van der Waals surface area contributed by atoms with Crippen LogP contribution in [0.15, 0.2) is 24.8 Å². The third-order valence-corrected chi connectivity index (χ3v) is 4.60. The summed E-state index contributed by atoms with van der Waals surface area (Å²) in [6, 6.07) is 1.68. The number of nitrogens with zero attached hydrogens (tertiary/aromatic N) is 4. The van der Waals surface area contributed by atoms with Gasteiger partial charge in [0.2, 0.25) is 5.88 Å². The Kier molecular flexibility index (Phi) is 5.31. The zero-order valence-corrected chi connectivity index (χ0v) is 13.4. The summed E-state index contributed by atoms with van der Waals surface area (Å²) in [6.07, 6.45) is 4.75. The Morgan fingerprint density at radius 3 is 2.86 bits per heavy atom. The molecule has 0 radical (unpaired) electrons. The maximum absolute atomic E-state index is 11.5. The van der Waals surface area contributed by atoms with Crippen LogP contribution >= 0.6 is 0 Å². The number of aryl methyl sites for hydroxylation is 1. The van der Waals surface area contributed by atoms with E-state index in [1.165, 1.54) is 6.33 Å². The Hall–Kier alpha value is -2.16. The van der Waals surface area contributed by atoms with E-state index in [1.54, 1.807) is 30.1 Å². The smallest absolute Gasteiger partial charge is 0.218 e. The van der Waals surface area contributed by atoms with Crippen LogP contribution in [-0.4, -0.2) is 46.3 Å². The van der Waals surface area contributed by atoms with Gasteiger partial charge < -0.3 is 10.1 Å². The largest absolute Gasteiger partial charge is 0.478 e. The van der Waals surface area contributed by atoms with Gasteiger partial charge in [0.15, 0.2) is 9.84 Å². The topological polar surface area (TPSA) is 99.0 Å². The lowest BCUT2D eigenvalue weighted by atomic mass is 10.5. The highest BCUT2D eigenvalue weighted by molar-refractivity contribution is 7.91. The fourth-order valence-electron chi connectivity index (χ4n) is 1.71. The van der Waals surface area contributed by atoms with Crippen molar-refractivity contribution in [1.82, 2.24) is 19.7 Å². The van der Waals surface area contributed by atoms with E-state index in [-0.39, 0.29) is 11.5 Å². The molecule has 2 aromatic rings. The van der Waals surface area contributed by atoms with Crippen molar-refractivity contribution in [1.29, 1.82) is 0 Å². The van der Waals surface area contributed by atoms with Crippen molar-refractivity contribution in [3.8, 4) is 5.88 Å². The minimum absolute atomic E-state index is 0.0760. The van der Waals surface area contributed by atoms with Crippen LogP contribution in [0.25, 0.3) is 0 Å². The molecule has 9 heteroatoms. The van der Waals surface area contributed by atoms with Gasteiger partial charge in [-0.05, 0) is 6.92 Å². The average Bonchev–Trinajstić information content (AvgIpc) is 2.94. The zero-order valence-electron chi connectivity index (χ0n) is 12.6. The van der Waals surface area contributed by atoms with E-state index < -0.39 is 9.84 Å². The Bertz CT molecular complexity index is 714. The van der Waals surface area contributed by atoms with Gasteiger partial charge in [-0.25, -0.2) is 18.4 Å². The van der Waals surface area contributed by atoms with Crippen LogP contribution in [0.4, 0.5) is 11.5 Å². The molecule has 0 saturated heterocycles. The lowest BCUT2D eigenvalue weighted by Gasteiger charge is -2.05. The van der Waals surface area contributed by atoms with Gasteiger partial charge in [-0.1, -0.05) is 6.92 Å². The van der Waals surface area contributed by atoms with Crippen molar-refractivity contribution in [3.05, 3.63) is 24.8 Å². The van der Waals surface area contributed by atoms with Crippen molar-refractivity contribution in [2.75, 3.05) is 23.4 Å². The van der Waals surface area contributed by atoms with Gasteiger partial charge in [0.25, 0.3) is 0 Å². The van der Waals surface area contributed by atoms with E-state index in [0.717, 1.165) is 5.69 Å². The van der Waals surface area contributed by atoms with Crippen molar-refractivity contribution in [2.45, 2.75) is 20.4 Å². The summed E-state index contributed by atoms with van der Waals surface area (Å²) in [5, 5.41) is 7.19. The molecule has 120 valence electrons. The van der Waals surface area contributed by atoms with Gasteiger partial charge in [-0.2, -0.15) is 5.10 Å². The second-order valence-electron chi connectivity index (χ2n) is 4.53. The Balaban J connectivity index is 1.98. The molecule has 0 spiro atoms. The number of ether oxygens (including phenoxy) is 1. The molecule has 0 saturated carbocycles. The highest BCUT2D eigenvalue weighted by atomic mass is 32.2. The van der Waals surface area contributed by atoms with Crippen molar-refractivity contribution < 1.29 is 13.2 Å². The first-order valence-electron chi connectivity index (χ1n) is 6.97. The van der Waals surface area contributed by atoms with Gasteiger partial charge in [-0.3, -0.25) is 4.68 Å². The number of rotatable bonds is 8. The second-order valence-corrected chi connectivity index (χ2v) is 7.00. The summed E-state index contributed by atoms with van der Waals surface area (Å²) in [5.74, 6) is 1.29. The summed E-state index contributed by atoms with van der Waals surface area (Å²) in [5.41, 5.74) is 0.718. The SMILES string of the molecule is CCOc1cc(Nc2cnn(CCS(=O)(=O)CC)c2)ncn1. The quantitative estimate of drug-likeness (QED) is 0.779. The summed E-state index contributed by atoms with van der Waals surface area (Å²) in [6.45, 7) is 4.37.